The van der Waals surface area contributed by atoms with Gasteiger partial charge in [-0.2, -0.15) is 18.3 Å². The van der Waals surface area contributed by atoms with Crippen molar-refractivity contribution < 1.29 is 18.0 Å². The molecule has 2 aliphatic heterocycles. The summed E-state index contributed by atoms with van der Waals surface area (Å²) in [5, 5.41) is 7.39. The number of carbonyl (C=O) groups is 1. The highest BCUT2D eigenvalue weighted by atomic mass is 19.4. The Labute approximate surface area is 186 Å². The van der Waals surface area contributed by atoms with E-state index < -0.39 is 18.3 Å². The minimum absolute atomic E-state index is 0.106. The number of fused-ring (bicyclic) bond motifs is 2. The summed E-state index contributed by atoms with van der Waals surface area (Å²) in [6.07, 6.45) is 0.671. The molecule has 5 nitrogen and oxygen atoms in total. The van der Waals surface area contributed by atoms with Crippen LogP contribution in [0.15, 0.2) is 36.4 Å². The van der Waals surface area contributed by atoms with Gasteiger partial charge in [0.1, 0.15) is 5.82 Å². The van der Waals surface area contributed by atoms with Gasteiger partial charge >= 0.3 is 6.18 Å². The highest BCUT2D eigenvalue weighted by molar-refractivity contribution is 5.93. The van der Waals surface area contributed by atoms with Gasteiger partial charge in [-0.3, -0.25) is 4.79 Å². The van der Waals surface area contributed by atoms with Crippen LogP contribution in [-0.4, -0.2) is 39.4 Å². The molecule has 1 amide bonds. The minimum Gasteiger partial charge on any atom is -0.363 e. The molecule has 1 aromatic carbocycles. The van der Waals surface area contributed by atoms with Crippen molar-refractivity contribution in [2.24, 2.45) is 11.8 Å². The van der Waals surface area contributed by atoms with E-state index in [1.807, 2.05) is 35.2 Å². The van der Waals surface area contributed by atoms with Crippen molar-refractivity contribution in [3.05, 3.63) is 47.7 Å². The summed E-state index contributed by atoms with van der Waals surface area (Å²) in [7, 11) is 0. The van der Waals surface area contributed by atoms with Gasteiger partial charge in [-0.05, 0) is 36.7 Å². The molecule has 32 heavy (non-hydrogen) atoms. The Morgan fingerprint density at radius 3 is 2.62 bits per heavy atom. The van der Waals surface area contributed by atoms with E-state index in [9.17, 15) is 18.0 Å². The van der Waals surface area contributed by atoms with Gasteiger partial charge in [0.2, 0.25) is 0 Å². The number of benzene rings is 1. The van der Waals surface area contributed by atoms with Crippen molar-refractivity contribution in [1.82, 2.24) is 14.7 Å². The summed E-state index contributed by atoms with van der Waals surface area (Å²) in [4.78, 5) is 15.3. The first kappa shape index (κ1) is 21.3. The van der Waals surface area contributed by atoms with E-state index in [0.29, 0.717) is 18.4 Å². The van der Waals surface area contributed by atoms with E-state index in [1.54, 1.807) is 0 Å². The number of hydrogen-bond donors (Lipinski definition) is 1. The number of alkyl halides is 3. The molecule has 0 bridgehead atoms. The quantitative estimate of drug-likeness (QED) is 0.655. The second kappa shape index (κ2) is 8.12. The Kier molecular flexibility index (Phi) is 5.42. The Morgan fingerprint density at radius 1 is 1.12 bits per heavy atom. The highest BCUT2D eigenvalue weighted by Gasteiger charge is 2.47. The van der Waals surface area contributed by atoms with Crippen LogP contribution in [0.4, 0.5) is 19.0 Å². The third-order valence-electron chi connectivity index (χ3n) is 7.61. The number of piperidine rings is 1. The Morgan fingerprint density at radius 2 is 1.88 bits per heavy atom. The molecule has 5 rings (SSSR count). The zero-order chi connectivity index (χ0) is 22.5. The fraction of sp³-hybridized carbons (Fsp3) is 0.583. The molecular formula is C24H29F3N4O. The second-order valence-corrected chi connectivity index (χ2v) is 9.54. The lowest BCUT2D eigenvalue weighted by Crippen LogP contribution is -2.52. The number of halogens is 3. The zero-order valence-corrected chi connectivity index (χ0v) is 18.2. The molecule has 1 saturated heterocycles. The lowest BCUT2D eigenvalue weighted by molar-refractivity contribution is -0.173. The van der Waals surface area contributed by atoms with Gasteiger partial charge in [-0.15, -0.1) is 0 Å². The Balaban J connectivity index is 1.45. The number of likely N-dealkylation sites (tertiary alicyclic amines) is 1. The third-order valence-corrected chi connectivity index (χ3v) is 7.61. The predicted molar refractivity (Wildman–Crippen MR) is 115 cm³/mol. The van der Waals surface area contributed by atoms with Crippen LogP contribution >= 0.6 is 0 Å². The Bertz CT molecular complexity index is 973. The van der Waals surface area contributed by atoms with Crippen LogP contribution in [0.25, 0.3) is 0 Å². The van der Waals surface area contributed by atoms with Crippen molar-refractivity contribution in [2.75, 3.05) is 11.9 Å². The van der Waals surface area contributed by atoms with Crippen LogP contribution in [0.2, 0.25) is 0 Å². The van der Waals surface area contributed by atoms with Gasteiger partial charge in [-0.25, -0.2) is 4.68 Å². The van der Waals surface area contributed by atoms with Gasteiger partial charge < -0.3 is 10.2 Å². The first-order valence-corrected chi connectivity index (χ1v) is 11.6. The van der Waals surface area contributed by atoms with Crippen LogP contribution < -0.4 is 5.32 Å². The summed E-state index contributed by atoms with van der Waals surface area (Å²) in [6.45, 7) is 2.90. The number of aromatic nitrogens is 2. The average molecular weight is 447 g/mol. The first-order chi connectivity index (χ1) is 15.3. The van der Waals surface area contributed by atoms with Crippen LogP contribution in [-0.2, 0) is 0 Å². The molecular weight excluding hydrogens is 417 g/mol. The molecule has 2 aromatic rings. The SMILES string of the molecule is C[C@@H]1CCN(C(=O)c2cc3n(n2)[C@H](C(F)(F)F)C[C@H](c2ccccc2)N3)[C@H]2CCCC[C@H]12. The molecule has 1 aromatic heterocycles. The van der Waals surface area contributed by atoms with E-state index in [2.05, 4.69) is 17.3 Å². The first-order valence-electron chi connectivity index (χ1n) is 11.6. The van der Waals surface area contributed by atoms with Gasteiger partial charge in [0.25, 0.3) is 5.91 Å². The fourth-order valence-electron chi connectivity index (χ4n) is 5.89. The molecule has 1 saturated carbocycles. The van der Waals surface area contributed by atoms with Gasteiger partial charge in [0.15, 0.2) is 11.7 Å². The maximum atomic E-state index is 14.0. The van der Waals surface area contributed by atoms with Crippen molar-refractivity contribution in [2.45, 2.75) is 69.8 Å². The Hall–Kier alpha value is -2.51. The molecule has 0 radical (unpaired) electrons. The molecule has 1 N–H and O–H groups in total. The molecule has 3 heterocycles. The number of nitrogens with one attached hydrogen (secondary N) is 1. The summed E-state index contributed by atoms with van der Waals surface area (Å²) < 4.78 is 42.8. The van der Waals surface area contributed by atoms with Crippen LogP contribution in [0.5, 0.6) is 0 Å². The number of anilines is 1. The van der Waals surface area contributed by atoms with Gasteiger partial charge in [0.05, 0.1) is 6.04 Å². The predicted octanol–water partition coefficient (Wildman–Crippen LogP) is 5.58. The normalized spacial score (nSPS) is 30.2. The van der Waals surface area contributed by atoms with Crippen LogP contribution in [0.3, 0.4) is 0 Å². The summed E-state index contributed by atoms with van der Waals surface area (Å²) in [6, 6.07) is 8.53. The molecule has 2 fully saturated rings. The van der Waals surface area contributed by atoms with E-state index in [-0.39, 0.29) is 29.9 Å². The lowest BCUT2D eigenvalue weighted by Gasteiger charge is -2.47. The van der Waals surface area contributed by atoms with E-state index >= 15 is 0 Å². The maximum absolute atomic E-state index is 14.0. The molecule has 3 aliphatic rings. The van der Waals surface area contributed by atoms with E-state index in [1.165, 1.54) is 12.5 Å². The standard InChI is InChI=1S/C24H29F3N4O/c1-15-11-12-30(20-10-6-5-9-17(15)20)23(32)19-14-22-28-18(16-7-3-2-4-8-16)13-21(24(25,26)27)31(22)29-19/h2-4,7-8,14-15,17-18,20-21,28H,5-6,9-13H2,1H3/t15-,17-,18-,20+,21+/m1/s1. The lowest BCUT2D eigenvalue weighted by atomic mass is 9.72. The third kappa shape index (κ3) is 3.77. The van der Waals surface area contributed by atoms with Crippen molar-refractivity contribution in [3.8, 4) is 0 Å². The van der Waals surface area contributed by atoms with E-state index in [0.717, 1.165) is 35.9 Å². The number of amides is 1. The molecule has 8 heteroatoms. The number of rotatable bonds is 2. The average Bonchev–Trinajstić information content (AvgIpc) is 3.22. The molecule has 1 aliphatic carbocycles. The largest absolute Gasteiger partial charge is 0.410 e. The topological polar surface area (TPSA) is 50.2 Å². The highest BCUT2D eigenvalue weighted by Crippen LogP contribution is 2.44. The summed E-state index contributed by atoms with van der Waals surface area (Å²) in [5.41, 5.74) is 0.895. The molecule has 172 valence electrons. The van der Waals surface area contributed by atoms with Crippen molar-refractivity contribution in [1.29, 1.82) is 0 Å². The molecule has 0 unspecified atom stereocenters. The smallest absolute Gasteiger partial charge is 0.363 e. The molecule has 5 atom stereocenters. The van der Waals surface area contributed by atoms with Gasteiger partial charge in [0, 0.05) is 25.1 Å². The zero-order valence-electron chi connectivity index (χ0n) is 18.2. The second-order valence-electron chi connectivity index (χ2n) is 9.54. The van der Waals surface area contributed by atoms with Crippen LogP contribution in [0.1, 0.15) is 73.6 Å². The monoisotopic (exact) mass is 446 g/mol. The molecule has 0 spiro atoms. The fourth-order valence-corrected chi connectivity index (χ4v) is 5.89. The van der Waals surface area contributed by atoms with Crippen molar-refractivity contribution in [3.63, 3.8) is 0 Å². The van der Waals surface area contributed by atoms with Gasteiger partial charge in [-0.1, -0.05) is 50.1 Å². The number of nitrogens with zero attached hydrogens (tertiary/aromatic N) is 3. The number of carbonyl (C=O) groups excluding carboxylic acids is 1. The van der Waals surface area contributed by atoms with Crippen LogP contribution in [0, 0.1) is 11.8 Å². The summed E-state index contributed by atoms with van der Waals surface area (Å²) in [5.74, 6) is 1.06. The van der Waals surface area contributed by atoms with E-state index in [4.69, 9.17) is 0 Å². The maximum Gasteiger partial charge on any atom is 0.410 e. The number of hydrogen-bond acceptors (Lipinski definition) is 3. The summed E-state index contributed by atoms with van der Waals surface area (Å²) >= 11 is 0. The van der Waals surface area contributed by atoms with Crippen molar-refractivity contribution >= 4 is 11.7 Å². The minimum atomic E-state index is -4.45.